The number of piperazine rings is 1. The quantitative estimate of drug-likeness (QED) is 0.0368. The van der Waals surface area contributed by atoms with Gasteiger partial charge in [-0.2, -0.15) is 13.2 Å². The molecule has 13 nitrogen and oxygen atoms in total. The van der Waals surface area contributed by atoms with E-state index in [0.29, 0.717) is 61.2 Å². The van der Waals surface area contributed by atoms with Crippen molar-refractivity contribution >= 4 is 68.8 Å². The number of likely N-dealkylation sites (tertiary alicyclic amines) is 1. The summed E-state index contributed by atoms with van der Waals surface area (Å²) in [7, 11) is -10.0. The first kappa shape index (κ1) is 55.7. The minimum atomic E-state index is -5.93. The molecule has 1 aromatic heterocycles. The molecular formula is C56H65ClF3N6O7PS2. The summed E-state index contributed by atoms with van der Waals surface area (Å²) in [4.78, 5) is 6.72. The lowest BCUT2D eigenvalue weighted by Crippen LogP contribution is -2.46. The third-order valence-electron chi connectivity index (χ3n) is 14.8. The lowest BCUT2D eigenvalue weighted by molar-refractivity contribution is -0.0438. The fourth-order valence-electron chi connectivity index (χ4n) is 10.7. The number of aliphatic hydroxyl groups is 3. The lowest BCUT2D eigenvalue weighted by Gasteiger charge is -2.37. The number of nitrogens with zero attached hydrogens (tertiary/aromatic N) is 5. The zero-order valence-electron chi connectivity index (χ0n) is 42.7. The molecule has 4 N–H and O–H groups in total. The molecule has 0 bridgehead atoms. The molecule has 76 heavy (non-hydrogen) atoms. The molecule has 9 rings (SSSR count). The number of benzene rings is 5. The summed E-state index contributed by atoms with van der Waals surface area (Å²) in [6.45, 7) is 11.2. The van der Waals surface area contributed by atoms with Crippen molar-refractivity contribution in [1.29, 1.82) is 0 Å². The molecule has 0 spiro atoms. The predicted molar refractivity (Wildman–Crippen MR) is 299 cm³/mol. The Balaban J connectivity index is 0.920. The average molecular weight is 1120 g/mol. The van der Waals surface area contributed by atoms with Crippen molar-refractivity contribution in [2.45, 2.75) is 73.7 Å². The van der Waals surface area contributed by atoms with E-state index in [1.165, 1.54) is 28.6 Å². The Bertz CT molecular complexity index is 3120. The zero-order valence-corrected chi connectivity index (χ0v) is 46.0. The maximum absolute atomic E-state index is 15.0. The highest BCUT2D eigenvalue weighted by Crippen LogP contribution is 2.56. The van der Waals surface area contributed by atoms with Crippen molar-refractivity contribution in [3.63, 3.8) is 0 Å². The highest BCUT2D eigenvalue weighted by Gasteiger charge is 2.49. The maximum Gasteiger partial charge on any atom is 0.501 e. The Morgan fingerprint density at radius 1 is 0.803 bits per heavy atom. The number of rotatable bonds is 18. The van der Waals surface area contributed by atoms with E-state index in [4.69, 9.17) is 16.1 Å². The fraction of sp³-hybridized carbons (Fsp3) is 0.393. The van der Waals surface area contributed by atoms with Crippen LogP contribution in [-0.2, 0) is 18.9 Å². The van der Waals surface area contributed by atoms with Gasteiger partial charge in [-0.3, -0.25) is 9.24 Å². The monoisotopic (exact) mass is 1120 g/mol. The number of nitrogens with one attached hydrogen (secondary N) is 1. The number of halogens is 4. The van der Waals surface area contributed by atoms with Gasteiger partial charge in [0, 0.05) is 101 Å². The summed E-state index contributed by atoms with van der Waals surface area (Å²) in [6, 6.07) is 35.8. The molecule has 5 aromatic carbocycles. The third kappa shape index (κ3) is 11.9. The fourth-order valence-corrected chi connectivity index (χ4v) is 15.1. The summed E-state index contributed by atoms with van der Waals surface area (Å²) in [5, 5.41) is 34.8. The second-order valence-electron chi connectivity index (χ2n) is 19.9. The molecule has 2 atom stereocenters. The second-order valence-corrected chi connectivity index (χ2v) is 25.7. The molecule has 0 unspecified atom stereocenters. The van der Waals surface area contributed by atoms with Gasteiger partial charge in [0.15, 0.2) is 6.29 Å². The number of aliphatic hydroxyl groups excluding tert-OH is 2. The number of hydrogen-bond donors (Lipinski definition) is 4. The number of thioether (sulfide) groups is 1. The summed E-state index contributed by atoms with van der Waals surface area (Å²) >= 11 is 7.80. The summed E-state index contributed by atoms with van der Waals surface area (Å²) in [5.41, 5.74) is 1.11. The van der Waals surface area contributed by atoms with Gasteiger partial charge in [0.25, 0.3) is 9.84 Å². The summed E-state index contributed by atoms with van der Waals surface area (Å²) < 4.78 is 95.1. The molecule has 3 aliphatic rings. The van der Waals surface area contributed by atoms with Gasteiger partial charge in [-0.15, -0.1) is 11.8 Å². The number of anilines is 4. The SMILES string of the molecule is Cc1c(C(O)O)c(-c2cccc(N3CCN(c4ccc(N5CCO[P@@]5(=O)c5ccc(N[C@H](CCN6CCC(CO)CC6)CSc6ccccc6)c(S(=O)(=O)C(F)(F)F)c5)cc4)CC3)c2)c(-c2ccc(Cl)cc2)n1C(C)C. The van der Waals surface area contributed by atoms with Crippen LogP contribution in [0.3, 0.4) is 0 Å². The van der Waals surface area contributed by atoms with E-state index in [1.54, 1.807) is 12.1 Å². The predicted octanol–water partition coefficient (Wildman–Crippen LogP) is 11.0. The van der Waals surface area contributed by atoms with E-state index in [0.717, 1.165) is 76.3 Å². The van der Waals surface area contributed by atoms with Gasteiger partial charge in [-0.1, -0.05) is 54.1 Å². The minimum Gasteiger partial charge on any atom is -0.396 e. The van der Waals surface area contributed by atoms with Gasteiger partial charge in [0.1, 0.15) is 4.90 Å². The normalized spacial score (nSPS) is 18.6. The number of hydrogen-bond acceptors (Lipinski definition) is 12. The van der Waals surface area contributed by atoms with E-state index in [1.807, 2.05) is 85.8 Å². The Morgan fingerprint density at radius 3 is 2.09 bits per heavy atom. The Hall–Kier alpha value is -5.01. The average Bonchev–Trinajstić information content (AvgIpc) is 4.10. The molecular weight excluding hydrogens is 1060 g/mol. The molecule has 3 fully saturated rings. The molecule has 0 saturated carbocycles. The van der Waals surface area contributed by atoms with Gasteiger partial charge in [-0.05, 0) is 149 Å². The van der Waals surface area contributed by atoms with Crippen molar-refractivity contribution < 1.29 is 46.0 Å². The van der Waals surface area contributed by atoms with Crippen LogP contribution in [-0.4, -0.2) is 116 Å². The van der Waals surface area contributed by atoms with Crippen LogP contribution < -0.4 is 25.1 Å². The molecule has 0 aliphatic carbocycles. The van der Waals surface area contributed by atoms with E-state index in [9.17, 15) is 36.9 Å². The standard InChI is InChI=1S/C56H65ClF3N6O7PS2/c1-38(2)66-39(3)52(55(68)69)53(54(66)41-12-14-43(57)15-13-41)42-8-7-9-47(34-42)64-30-28-63(29-31-64)45-16-18-46(19-17-45)65-32-33-73-74(65,70)48-20-21-50(51(35-48)76(71,72)56(58,59)60)61-44(37-75-49-10-5-4-6-11-49)24-27-62-25-22-40(36-67)23-26-62/h4-21,34-35,38,40,44,55,61,67-69H,22-33,36-37H2,1-3H3/t44-,74+/m1/s1. The first-order valence-corrected chi connectivity index (χ1v) is 30.1. The Kier molecular flexibility index (Phi) is 17.3. The van der Waals surface area contributed by atoms with E-state index < -0.39 is 40.1 Å². The van der Waals surface area contributed by atoms with Crippen LogP contribution in [0.15, 0.2) is 131 Å². The van der Waals surface area contributed by atoms with Crippen molar-refractivity contribution in [3.8, 4) is 22.4 Å². The first-order chi connectivity index (χ1) is 36.4. The second kappa shape index (κ2) is 23.5. The lowest BCUT2D eigenvalue weighted by atomic mass is 9.96. The summed E-state index contributed by atoms with van der Waals surface area (Å²) in [6.07, 6.45) is 0.483. The molecule has 406 valence electrons. The summed E-state index contributed by atoms with van der Waals surface area (Å²) in [5.74, 6) is 0.668. The van der Waals surface area contributed by atoms with Crippen LogP contribution >= 0.6 is 30.9 Å². The van der Waals surface area contributed by atoms with Gasteiger partial charge >= 0.3 is 13.0 Å². The molecule has 3 aliphatic heterocycles. The van der Waals surface area contributed by atoms with Crippen LogP contribution in [0, 0.1) is 12.8 Å². The van der Waals surface area contributed by atoms with E-state index >= 15 is 4.57 Å². The molecule has 6 aromatic rings. The molecule has 4 heterocycles. The highest BCUT2D eigenvalue weighted by atomic mass is 35.5. The Morgan fingerprint density at radius 2 is 1.46 bits per heavy atom. The first-order valence-electron chi connectivity index (χ1n) is 25.7. The van der Waals surface area contributed by atoms with Gasteiger partial charge < -0.3 is 44.4 Å². The molecule has 0 amide bonds. The van der Waals surface area contributed by atoms with Gasteiger partial charge in [0.05, 0.1) is 29.8 Å². The van der Waals surface area contributed by atoms with E-state index in [2.05, 4.69) is 50.6 Å². The van der Waals surface area contributed by atoms with Gasteiger partial charge in [-0.25, -0.2) is 8.42 Å². The number of sulfone groups is 1. The number of piperidine rings is 1. The maximum atomic E-state index is 15.0. The Labute approximate surface area is 452 Å². The van der Waals surface area contributed by atoms with Crippen molar-refractivity contribution in [3.05, 3.63) is 138 Å². The largest absolute Gasteiger partial charge is 0.501 e. The third-order valence-corrected chi connectivity index (χ3v) is 20.3. The molecule has 3 saturated heterocycles. The van der Waals surface area contributed by atoms with Crippen molar-refractivity contribution in [1.82, 2.24) is 9.47 Å². The topological polar surface area (TPSA) is 151 Å². The van der Waals surface area contributed by atoms with Crippen molar-refractivity contribution in [2.75, 3.05) is 91.1 Å². The van der Waals surface area contributed by atoms with Crippen LogP contribution in [0.5, 0.6) is 0 Å². The van der Waals surface area contributed by atoms with Crippen LogP contribution in [0.2, 0.25) is 5.02 Å². The number of alkyl halides is 3. The minimum absolute atomic E-state index is 0.00533. The number of aromatic nitrogens is 1. The van der Waals surface area contributed by atoms with Gasteiger partial charge in [0.2, 0.25) is 0 Å². The smallest absolute Gasteiger partial charge is 0.396 e. The molecule has 20 heteroatoms. The highest BCUT2D eigenvalue weighted by molar-refractivity contribution is 7.99. The zero-order chi connectivity index (χ0) is 53.9. The van der Waals surface area contributed by atoms with Crippen LogP contribution in [0.1, 0.15) is 56.7 Å². The molecule has 0 radical (unpaired) electrons. The van der Waals surface area contributed by atoms with Crippen LogP contribution in [0.4, 0.5) is 35.9 Å². The van der Waals surface area contributed by atoms with Crippen LogP contribution in [0.25, 0.3) is 22.4 Å². The van der Waals surface area contributed by atoms with E-state index in [-0.39, 0.29) is 42.7 Å². The van der Waals surface area contributed by atoms with Crippen molar-refractivity contribution in [2.24, 2.45) is 5.92 Å².